The summed E-state index contributed by atoms with van der Waals surface area (Å²) in [7, 11) is 0. The van der Waals surface area contributed by atoms with Crippen molar-refractivity contribution in [2.75, 3.05) is 6.54 Å². The SMILES string of the molecule is CC(C)c1nnsc1C(=O)NCCC(C)(C)CCC(=O)O. The van der Waals surface area contributed by atoms with Crippen LogP contribution in [0.1, 0.15) is 68.2 Å². The second kappa shape index (κ2) is 7.49. The molecule has 0 saturated heterocycles. The number of nitrogens with one attached hydrogen (secondary N) is 1. The van der Waals surface area contributed by atoms with Gasteiger partial charge in [0.15, 0.2) is 0 Å². The summed E-state index contributed by atoms with van der Waals surface area (Å²) in [6.07, 6.45) is 1.48. The van der Waals surface area contributed by atoms with Gasteiger partial charge < -0.3 is 10.4 Å². The minimum Gasteiger partial charge on any atom is -0.481 e. The van der Waals surface area contributed by atoms with E-state index in [4.69, 9.17) is 5.11 Å². The van der Waals surface area contributed by atoms with Gasteiger partial charge in [0.05, 0.1) is 5.69 Å². The Kier molecular flexibility index (Phi) is 6.26. The number of aromatic nitrogens is 2. The van der Waals surface area contributed by atoms with Crippen molar-refractivity contribution in [2.45, 2.75) is 52.9 Å². The van der Waals surface area contributed by atoms with Gasteiger partial charge in [0.25, 0.3) is 5.91 Å². The topological polar surface area (TPSA) is 92.2 Å². The Morgan fingerprint density at radius 3 is 2.57 bits per heavy atom. The Balaban J connectivity index is 2.46. The van der Waals surface area contributed by atoms with E-state index in [1.807, 2.05) is 27.7 Å². The molecule has 1 aromatic rings. The lowest BCUT2D eigenvalue weighted by Crippen LogP contribution is -2.28. The van der Waals surface area contributed by atoms with Crippen LogP contribution in [-0.2, 0) is 4.79 Å². The average Bonchev–Trinajstić information content (AvgIpc) is 2.85. The molecule has 0 radical (unpaired) electrons. The van der Waals surface area contributed by atoms with Crippen LogP contribution in [0.25, 0.3) is 0 Å². The lowest BCUT2D eigenvalue weighted by Gasteiger charge is -2.23. The number of hydrogen-bond acceptors (Lipinski definition) is 5. The maximum Gasteiger partial charge on any atom is 0.303 e. The summed E-state index contributed by atoms with van der Waals surface area (Å²) in [6.45, 7) is 8.48. The number of aliphatic carboxylic acids is 1. The molecule has 6 nitrogen and oxygen atoms in total. The molecule has 0 aromatic carbocycles. The molecule has 0 atom stereocenters. The number of nitrogens with zero attached hydrogens (tertiary/aromatic N) is 2. The number of carbonyl (C=O) groups excluding carboxylic acids is 1. The van der Waals surface area contributed by atoms with Crippen molar-refractivity contribution in [2.24, 2.45) is 5.41 Å². The molecule has 1 amide bonds. The Bertz CT molecular complexity index is 497. The molecule has 0 aliphatic rings. The van der Waals surface area contributed by atoms with Gasteiger partial charge in [-0.25, -0.2) is 0 Å². The minimum absolute atomic E-state index is 0.113. The molecular formula is C14H23N3O3S. The van der Waals surface area contributed by atoms with Gasteiger partial charge in [-0.1, -0.05) is 32.2 Å². The predicted molar refractivity (Wildman–Crippen MR) is 81.6 cm³/mol. The second-order valence-corrected chi connectivity index (χ2v) is 6.96. The van der Waals surface area contributed by atoms with E-state index in [2.05, 4.69) is 14.9 Å². The summed E-state index contributed by atoms with van der Waals surface area (Å²) >= 11 is 1.11. The zero-order valence-corrected chi connectivity index (χ0v) is 13.8. The number of carboxylic acids is 1. The Hall–Kier alpha value is -1.50. The quantitative estimate of drug-likeness (QED) is 0.769. The van der Waals surface area contributed by atoms with Crippen LogP contribution in [0.2, 0.25) is 0 Å². The van der Waals surface area contributed by atoms with E-state index in [1.54, 1.807) is 0 Å². The summed E-state index contributed by atoms with van der Waals surface area (Å²) in [4.78, 5) is 23.3. The first-order chi connectivity index (χ1) is 9.73. The fourth-order valence-electron chi connectivity index (χ4n) is 1.90. The Morgan fingerprint density at radius 1 is 1.33 bits per heavy atom. The molecule has 1 aromatic heterocycles. The van der Waals surface area contributed by atoms with E-state index < -0.39 is 5.97 Å². The van der Waals surface area contributed by atoms with Gasteiger partial charge in [-0.2, -0.15) is 0 Å². The van der Waals surface area contributed by atoms with Crippen LogP contribution in [-0.4, -0.2) is 33.1 Å². The van der Waals surface area contributed by atoms with Crippen LogP contribution in [0, 0.1) is 5.41 Å². The van der Waals surface area contributed by atoms with Crippen LogP contribution in [0.3, 0.4) is 0 Å². The van der Waals surface area contributed by atoms with Gasteiger partial charge in [-0.3, -0.25) is 9.59 Å². The lowest BCUT2D eigenvalue weighted by molar-refractivity contribution is -0.137. The highest BCUT2D eigenvalue weighted by atomic mass is 32.1. The Morgan fingerprint density at radius 2 is 2.00 bits per heavy atom. The second-order valence-electron chi connectivity index (χ2n) is 6.21. The summed E-state index contributed by atoms with van der Waals surface area (Å²) < 4.78 is 3.84. The van der Waals surface area contributed by atoms with Crippen molar-refractivity contribution < 1.29 is 14.7 Å². The van der Waals surface area contributed by atoms with E-state index >= 15 is 0 Å². The van der Waals surface area contributed by atoms with Crippen LogP contribution in [0.15, 0.2) is 0 Å². The third kappa shape index (κ3) is 5.79. The molecule has 0 bridgehead atoms. The Labute approximate surface area is 129 Å². The van der Waals surface area contributed by atoms with Crippen molar-refractivity contribution in [1.29, 1.82) is 0 Å². The van der Waals surface area contributed by atoms with E-state index in [9.17, 15) is 9.59 Å². The number of hydrogen-bond donors (Lipinski definition) is 2. The molecule has 0 unspecified atom stereocenters. The highest BCUT2D eigenvalue weighted by Crippen LogP contribution is 2.26. The van der Waals surface area contributed by atoms with Gasteiger partial charge in [-0.05, 0) is 35.7 Å². The van der Waals surface area contributed by atoms with Crippen molar-refractivity contribution in [3.63, 3.8) is 0 Å². The molecule has 21 heavy (non-hydrogen) atoms. The van der Waals surface area contributed by atoms with Gasteiger partial charge in [0.2, 0.25) is 0 Å². The molecule has 2 N–H and O–H groups in total. The van der Waals surface area contributed by atoms with E-state index in [0.717, 1.165) is 23.6 Å². The number of rotatable bonds is 8. The van der Waals surface area contributed by atoms with Crippen LogP contribution in [0.5, 0.6) is 0 Å². The van der Waals surface area contributed by atoms with Gasteiger partial charge in [-0.15, -0.1) is 5.10 Å². The number of amides is 1. The minimum atomic E-state index is -0.788. The van der Waals surface area contributed by atoms with Crippen molar-refractivity contribution >= 4 is 23.4 Å². The highest BCUT2D eigenvalue weighted by molar-refractivity contribution is 7.08. The van der Waals surface area contributed by atoms with E-state index in [0.29, 0.717) is 17.8 Å². The molecule has 0 aliphatic carbocycles. The molecular weight excluding hydrogens is 290 g/mol. The molecule has 0 fully saturated rings. The molecule has 0 spiro atoms. The zero-order valence-electron chi connectivity index (χ0n) is 13.0. The molecule has 7 heteroatoms. The van der Waals surface area contributed by atoms with Gasteiger partial charge in [0.1, 0.15) is 4.88 Å². The smallest absolute Gasteiger partial charge is 0.303 e. The summed E-state index contributed by atoms with van der Waals surface area (Å²) in [5.41, 5.74) is 0.612. The first-order valence-corrected chi connectivity index (χ1v) is 7.82. The normalized spacial score (nSPS) is 11.7. The standard InChI is InChI=1S/C14H23N3O3S/c1-9(2)11-12(21-17-16-11)13(20)15-8-7-14(3,4)6-5-10(18)19/h9H,5-8H2,1-4H3,(H,15,20)(H,18,19). The molecule has 1 rings (SSSR count). The molecule has 0 aliphatic heterocycles. The summed E-state index contributed by atoms with van der Waals surface area (Å²) in [5, 5.41) is 15.6. The first-order valence-electron chi connectivity index (χ1n) is 7.05. The van der Waals surface area contributed by atoms with Gasteiger partial charge in [0, 0.05) is 13.0 Å². The van der Waals surface area contributed by atoms with E-state index in [-0.39, 0.29) is 23.7 Å². The van der Waals surface area contributed by atoms with Crippen molar-refractivity contribution in [3.05, 3.63) is 10.6 Å². The van der Waals surface area contributed by atoms with Crippen LogP contribution < -0.4 is 5.32 Å². The number of carboxylic acid groups (broad SMARTS) is 1. The molecule has 118 valence electrons. The maximum atomic E-state index is 12.1. The monoisotopic (exact) mass is 313 g/mol. The molecule has 1 heterocycles. The van der Waals surface area contributed by atoms with Crippen molar-refractivity contribution in [3.8, 4) is 0 Å². The first kappa shape index (κ1) is 17.6. The fraction of sp³-hybridized carbons (Fsp3) is 0.714. The summed E-state index contributed by atoms with van der Waals surface area (Å²) in [6, 6.07) is 0. The molecule has 0 saturated carbocycles. The zero-order chi connectivity index (χ0) is 16.0. The van der Waals surface area contributed by atoms with Crippen molar-refractivity contribution in [1.82, 2.24) is 14.9 Å². The van der Waals surface area contributed by atoms with Gasteiger partial charge >= 0.3 is 5.97 Å². The largest absolute Gasteiger partial charge is 0.481 e. The van der Waals surface area contributed by atoms with Crippen LogP contribution >= 0.6 is 11.5 Å². The maximum absolute atomic E-state index is 12.1. The van der Waals surface area contributed by atoms with E-state index in [1.165, 1.54) is 0 Å². The third-order valence-electron chi connectivity index (χ3n) is 3.37. The average molecular weight is 313 g/mol. The number of carbonyl (C=O) groups is 2. The third-order valence-corrected chi connectivity index (χ3v) is 4.11. The predicted octanol–water partition coefficient (Wildman–Crippen LogP) is 2.67. The summed E-state index contributed by atoms with van der Waals surface area (Å²) in [5.74, 6) is -0.774. The highest BCUT2D eigenvalue weighted by Gasteiger charge is 2.21. The fourth-order valence-corrected chi connectivity index (χ4v) is 2.63. The van der Waals surface area contributed by atoms with Crippen LogP contribution in [0.4, 0.5) is 0 Å². The lowest BCUT2D eigenvalue weighted by atomic mass is 9.84.